The van der Waals surface area contributed by atoms with Crippen molar-refractivity contribution < 1.29 is 23.4 Å². The van der Waals surface area contributed by atoms with Crippen LogP contribution in [0.4, 0.5) is 14.5 Å². The molecular formula is C18H15ClF2N4O3. The Kier molecular flexibility index (Phi) is 5.01. The number of H-pyrrole nitrogens is 1. The summed E-state index contributed by atoms with van der Waals surface area (Å²) in [4.78, 5) is 11.0. The lowest BCUT2D eigenvalue weighted by molar-refractivity contribution is 0.203. The number of pyridine rings is 1. The molecule has 0 radical (unpaired) electrons. The highest BCUT2D eigenvalue weighted by atomic mass is 35.5. The van der Waals surface area contributed by atoms with Crippen molar-refractivity contribution >= 4 is 34.3 Å². The molecule has 4 rings (SSSR count). The largest absolute Gasteiger partial charge is 0.465 e. The van der Waals surface area contributed by atoms with Gasteiger partial charge in [0.05, 0.1) is 29.7 Å². The maximum atomic E-state index is 14.5. The van der Waals surface area contributed by atoms with Gasteiger partial charge in [-0.2, -0.15) is 0 Å². The molecule has 1 unspecified atom stereocenters. The van der Waals surface area contributed by atoms with Gasteiger partial charge in [0.1, 0.15) is 11.4 Å². The number of anilines is 1. The molecule has 28 heavy (non-hydrogen) atoms. The number of nitrogens with one attached hydrogen (secondary N) is 2. The van der Waals surface area contributed by atoms with Gasteiger partial charge in [0.25, 0.3) is 6.02 Å². The number of hydrogen-bond acceptors (Lipinski definition) is 6. The minimum absolute atomic E-state index is 0.0905. The number of rotatable bonds is 4. The molecule has 10 heteroatoms. The Hall–Kier alpha value is -2.91. The molecule has 0 amide bonds. The summed E-state index contributed by atoms with van der Waals surface area (Å²) in [5.41, 5.74) is 0.534. The van der Waals surface area contributed by atoms with Crippen LogP contribution in [0.15, 0.2) is 35.6 Å². The summed E-state index contributed by atoms with van der Waals surface area (Å²) in [6.07, 6.45) is 3.52. The van der Waals surface area contributed by atoms with E-state index in [0.29, 0.717) is 29.1 Å². The van der Waals surface area contributed by atoms with E-state index in [4.69, 9.17) is 21.1 Å². The summed E-state index contributed by atoms with van der Waals surface area (Å²) in [5, 5.41) is 12.6. The standard InChI is InChI=1S/C18H15ClF2N4O3/c19-11-7-23-17-15(11)14(1-3-22-17)28-16-12(20)5-10(6-13(16)21)25-18-24-9(8-26)2-4-27-18/h1,3,5-7,9,26H,2,4,8H2,(H,22,23)(H,24,25). The minimum Gasteiger partial charge on any atom is -0.465 e. The smallest absolute Gasteiger partial charge is 0.289 e. The van der Waals surface area contributed by atoms with Crippen molar-refractivity contribution in [2.24, 2.45) is 4.99 Å². The summed E-state index contributed by atoms with van der Waals surface area (Å²) in [7, 11) is 0. The number of aliphatic hydroxyl groups excluding tert-OH is 1. The third kappa shape index (κ3) is 3.58. The average molecular weight is 409 g/mol. The molecular weight excluding hydrogens is 394 g/mol. The fourth-order valence-electron chi connectivity index (χ4n) is 2.80. The van der Waals surface area contributed by atoms with Crippen molar-refractivity contribution in [2.75, 3.05) is 18.5 Å². The van der Waals surface area contributed by atoms with Gasteiger partial charge in [0.15, 0.2) is 17.4 Å². The summed E-state index contributed by atoms with van der Waals surface area (Å²) in [5.74, 6) is -2.25. The number of aromatic nitrogens is 2. The first-order valence-electron chi connectivity index (χ1n) is 8.42. The number of amidine groups is 1. The van der Waals surface area contributed by atoms with Crippen LogP contribution in [0.5, 0.6) is 11.5 Å². The molecule has 146 valence electrons. The highest BCUT2D eigenvalue weighted by Crippen LogP contribution is 2.36. The predicted octanol–water partition coefficient (Wildman–Crippen LogP) is 3.84. The molecule has 3 N–H and O–H groups in total. The van der Waals surface area contributed by atoms with Crippen LogP contribution >= 0.6 is 11.6 Å². The Balaban J connectivity index is 1.61. The van der Waals surface area contributed by atoms with E-state index in [1.807, 2.05) is 0 Å². The van der Waals surface area contributed by atoms with Gasteiger partial charge >= 0.3 is 0 Å². The molecule has 0 saturated heterocycles. The zero-order chi connectivity index (χ0) is 19.7. The van der Waals surface area contributed by atoms with Crippen molar-refractivity contribution in [3.8, 4) is 11.5 Å². The number of aromatic amines is 1. The first-order valence-corrected chi connectivity index (χ1v) is 8.80. The maximum Gasteiger partial charge on any atom is 0.289 e. The molecule has 1 aliphatic heterocycles. The molecule has 3 heterocycles. The second-order valence-electron chi connectivity index (χ2n) is 6.07. The molecule has 0 saturated carbocycles. The van der Waals surface area contributed by atoms with Crippen molar-refractivity contribution in [1.29, 1.82) is 0 Å². The van der Waals surface area contributed by atoms with E-state index in [9.17, 15) is 13.9 Å². The Bertz CT molecular complexity index is 1030. The van der Waals surface area contributed by atoms with Crippen LogP contribution in [-0.4, -0.2) is 40.4 Å². The van der Waals surface area contributed by atoms with Crippen LogP contribution in [0, 0.1) is 11.6 Å². The number of aliphatic hydroxyl groups is 1. The van der Waals surface area contributed by atoms with Crippen LogP contribution < -0.4 is 10.1 Å². The summed E-state index contributed by atoms with van der Waals surface area (Å²) < 4.78 is 39.8. The quantitative estimate of drug-likeness (QED) is 0.610. The third-order valence-electron chi connectivity index (χ3n) is 4.15. The van der Waals surface area contributed by atoms with Crippen LogP contribution in [-0.2, 0) is 4.74 Å². The SMILES string of the molecule is OCC1CCOC(Nc2cc(F)c(Oc3ccnc4[nH]cc(Cl)c34)c(F)c2)=N1. The van der Waals surface area contributed by atoms with Gasteiger partial charge in [0.2, 0.25) is 0 Å². The van der Waals surface area contributed by atoms with E-state index < -0.39 is 17.4 Å². The van der Waals surface area contributed by atoms with Crippen LogP contribution in [0.3, 0.4) is 0 Å². The second kappa shape index (κ2) is 7.61. The van der Waals surface area contributed by atoms with Crippen LogP contribution in [0.2, 0.25) is 5.02 Å². The van der Waals surface area contributed by atoms with Gasteiger partial charge in [-0.05, 0) is 6.07 Å². The topological polar surface area (TPSA) is 91.8 Å². The van der Waals surface area contributed by atoms with E-state index in [-0.39, 0.29) is 30.1 Å². The van der Waals surface area contributed by atoms with E-state index in [1.165, 1.54) is 18.5 Å². The Morgan fingerprint density at radius 1 is 1.36 bits per heavy atom. The molecule has 0 aliphatic carbocycles. The van der Waals surface area contributed by atoms with Crippen molar-refractivity contribution in [3.05, 3.63) is 47.2 Å². The Morgan fingerprint density at radius 3 is 2.89 bits per heavy atom. The summed E-state index contributed by atoms with van der Waals surface area (Å²) in [6.45, 7) is 0.213. The number of nitrogens with zero attached hydrogens (tertiary/aromatic N) is 2. The number of ether oxygens (including phenoxy) is 2. The highest BCUT2D eigenvalue weighted by molar-refractivity contribution is 6.36. The van der Waals surface area contributed by atoms with Crippen molar-refractivity contribution in [2.45, 2.75) is 12.5 Å². The Labute approximate surface area is 163 Å². The van der Waals surface area contributed by atoms with E-state index in [0.717, 1.165) is 12.1 Å². The highest BCUT2D eigenvalue weighted by Gasteiger charge is 2.19. The normalized spacial score (nSPS) is 16.6. The first kappa shape index (κ1) is 18.5. The number of halogens is 3. The molecule has 3 aromatic rings. The van der Waals surface area contributed by atoms with Gasteiger partial charge < -0.3 is 24.9 Å². The summed E-state index contributed by atoms with van der Waals surface area (Å²) >= 11 is 6.09. The number of hydrogen-bond donors (Lipinski definition) is 3. The zero-order valence-electron chi connectivity index (χ0n) is 14.4. The molecule has 1 aliphatic rings. The first-order chi connectivity index (χ1) is 13.5. The third-order valence-corrected chi connectivity index (χ3v) is 4.45. The lowest BCUT2D eigenvalue weighted by Crippen LogP contribution is -2.28. The zero-order valence-corrected chi connectivity index (χ0v) is 15.1. The number of aliphatic imine (C=N–C) groups is 1. The van der Waals surface area contributed by atoms with Gasteiger partial charge in [-0.3, -0.25) is 0 Å². The fourth-order valence-corrected chi connectivity index (χ4v) is 3.03. The fraction of sp³-hybridized carbons (Fsp3) is 0.222. The number of benzene rings is 1. The van der Waals surface area contributed by atoms with E-state index in [2.05, 4.69) is 20.3 Å². The predicted molar refractivity (Wildman–Crippen MR) is 100 cm³/mol. The van der Waals surface area contributed by atoms with Gasteiger partial charge in [-0.15, -0.1) is 0 Å². The van der Waals surface area contributed by atoms with E-state index >= 15 is 0 Å². The number of fused-ring (bicyclic) bond motifs is 1. The van der Waals surface area contributed by atoms with Crippen LogP contribution in [0.25, 0.3) is 11.0 Å². The molecule has 2 aromatic heterocycles. The van der Waals surface area contributed by atoms with E-state index in [1.54, 1.807) is 0 Å². The van der Waals surface area contributed by atoms with Crippen LogP contribution in [0.1, 0.15) is 6.42 Å². The maximum absolute atomic E-state index is 14.5. The molecule has 0 spiro atoms. The Morgan fingerprint density at radius 2 is 2.14 bits per heavy atom. The molecule has 1 aromatic carbocycles. The van der Waals surface area contributed by atoms with Gasteiger partial charge in [0, 0.05) is 36.6 Å². The average Bonchev–Trinajstić information content (AvgIpc) is 3.07. The molecule has 0 bridgehead atoms. The lowest BCUT2D eigenvalue weighted by atomic mass is 10.2. The monoisotopic (exact) mass is 408 g/mol. The second-order valence-corrected chi connectivity index (χ2v) is 6.48. The molecule has 7 nitrogen and oxygen atoms in total. The van der Waals surface area contributed by atoms with Crippen molar-refractivity contribution in [3.63, 3.8) is 0 Å². The lowest BCUT2D eigenvalue weighted by Gasteiger charge is -2.20. The van der Waals surface area contributed by atoms with Crippen molar-refractivity contribution in [1.82, 2.24) is 9.97 Å². The summed E-state index contributed by atoms with van der Waals surface area (Å²) in [6, 6.07) is 3.36. The van der Waals surface area contributed by atoms with Gasteiger partial charge in [-0.25, -0.2) is 18.8 Å². The minimum atomic E-state index is -0.922. The molecule has 0 fully saturated rings. The van der Waals surface area contributed by atoms with Gasteiger partial charge in [-0.1, -0.05) is 11.6 Å². The molecule has 1 atom stereocenters.